The number of carbonyl (C=O) groups is 2. The van der Waals surface area contributed by atoms with Crippen molar-refractivity contribution in [3.8, 4) is 0 Å². The molecule has 1 unspecified atom stereocenters. The van der Waals surface area contributed by atoms with Gasteiger partial charge in [-0.15, -0.1) is 0 Å². The Hall–Kier alpha value is -0.950. The highest BCUT2D eigenvalue weighted by atomic mass is 32.2. The van der Waals surface area contributed by atoms with Crippen LogP contribution in [-0.4, -0.2) is 30.0 Å². The molecule has 0 amide bonds. The number of Topliss-reactive ketones (excluding diaryl/α,β-unsaturated/α-hetero) is 1. The van der Waals surface area contributed by atoms with Gasteiger partial charge in [0, 0.05) is 6.42 Å². The van der Waals surface area contributed by atoms with Gasteiger partial charge in [-0.1, -0.05) is 46.0 Å². The number of aliphatic carboxylic acids is 1. The Morgan fingerprint density at radius 1 is 1.05 bits per heavy atom. The number of sulfonamides is 1. The first-order valence-corrected chi connectivity index (χ1v) is 8.57. The molecule has 3 N–H and O–H groups in total. The quantitative estimate of drug-likeness (QED) is 0.446. The molecule has 0 spiro atoms. The maximum atomic E-state index is 12.0. The van der Waals surface area contributed by atoms with Gasteiger partial charge in [0.1, 0.15) is 0 Å². The maximum absolute atomic E-state index is 12.0. The van der Waals surface area contributed by atoms with Crippen molar-refractivity contribution < 1.29 is 23.1 Å². The molecule has 0 aromatic carbocycles. The monoisotopic (exact) mass is 307 g/mol. The van der Waals surface area contributed by atoms with Gasteiger partial charge in [0.15, 0.2) is 5.78 Å². The van der Waals surface area contributed by atoms with Gasteiger partial charge in [0.05, 0.1) is 0 Å². The first-order valence-electron chi connectivity index (χ1n) is 7.03. The van der Waals surface area contributed by atoms with Gasteiger partial charge < -0.3 is 5.11 Å². The lowest BCUT2D eigenvalue weighted by Gasteiger charge is -2.23. The number of carboxylic acids is 1. The Morgan fingerprint density at radius 2 is 1.55 bits per heavy atom. The Bertz CT molecular complexity index is 432. The second kappa shape index (κ2) is 8.36. The summed E-state index contributed by atoms with van der Waals surface area (Å²) in [6.45, 7) is 3.44. The van der Waals surface area contributed by atoms with Crippen LogP contribution < -0.4 is 5.14 Å². The largest absolute Gasteiger partial charge is 0.480 e. The van der Waals surface area contributed by atoms with E-state index < -0.39 is 26.5 Å². The molecule has 0 saturated carbocycles. The maximum Gasteiger partial charge on any atom is 0.334 e. The number of hydrogen-bond donors (Lipinski definition) is 2. The van der Waals surface area contributed by atoms with Crippen LogP contribution in [0.15, 0.2) is 0 Å². The standard InChI is InChI=1S/C13H25NO5S/c1-3-5-6-7-8-9-10-11(15)13(4-2,12(16)17)20(14,18)19/h3-10H2,1-2H3,(H,16,17)(H2,14,18,19). The molecular weight excluding hydrogens is 282 g/mol. The van der Waals surface area contributed by atoms with Crippen LogP contribution in [0.1, 0.15) is 65.2 Å². The van der Waals surface area contributed by atoms with Crippen molar-refractivity contribution in [1.29, 1.82) is 0 Å². The van der Waals surface area contributed by atoms with Crippen LogP contribution in [0.25, 0.3) is 0 Å². The lowest BCUT2D eigenvalue weighted by atomic mass is 9.95. The number of rotatable bonds is 11. The van der Waals surface area contributed by atoms with Crippen LogP contribution in [0.4, 0.5) is 0 Å². The fraction of sp³-hybridized carbons (Fsp3) is 0.846. The summed E-state index contributed by atoms with van der Waals surface area (Å²) in [6, 6.07) is 0. The minimum absolute atomic E-state index is 0.0668. The van der Waals surface area contributed by atoms with Crippen LogP contribution in [-0.2, 0) is 19.6 Å². The predicted molar refractivity (Wildman–Crippen MR) is 76.8 cm³/mol. The molecule has 20 heavy (non-hydrogen) atoms. The fourth-order valence-corrected chi connectivity index (χ4v) is 3.28. The number of ketones is 1. The van der Waals surface area contributed by atoms with Gasteiger partial charge >= 0.3 is 5.97 Å². The van der Waals surface area contributed by atoms with E-state index in [0.29, 0.717) is 6.42 Å². The van der Waals surface area contributed by atoms with Crippen molar-refractivity contribution in [3.05, 3.63) is 0 Å². The van der Waals surface area contributed by atoms with Crippen molar-refractivity contribution in [3.63, 3.8) is 0 Å². The van der Waals surface area contributed by atoms with Crippen molar-refractivity contribution in [2.45, 2.75) is 70.0 Å². The molecule has 1 atom stereocenters. The predicted octanol–water partition coefficient (Wildman–Crippen LogP) is 1.83. The molecule has 0 aliphatic rings. The molecule has 0 aliphatic carbocycles. The van der Waals surface area contributed by atoms with E-state index in [4.69, 9.17) is 10.2 Å². The Kier molecular flexibility index (Phi) is 7.96. The average Bonchev–Trinajstić information content (AvgIpc) is 2.32. The van der Waals surface area contributed by atoms with E-state index in [-0.39, 0.29) is 12.8 Å². The van der Waals surface area contributed by atoms with Gasteiger partial charge in [-0.3, -0.25) is 4.79 Å². The third kappa shape index (κ3) is 4.56. The van der Waals surface area contributed by atoms with Gasteiger partial charge in [0.2, 0.25) is 14.8 Å². The van der Waals surface area contributed by atoms with Crippen LogP contribution in [0.5, 0.6) is 0 Å². The average molecular weight is 307 g/mol. The summed E-state index contributed by atoms with van der Waals surface area (Å²) in [5.74, 6) is -2.50. The van der Waals surface area contributed by atoms with Crippen LogP contribution in [0.3, 0.4) is 0 Å². The number of unbranched alkanes of at least 4 members (excludes halogenated alkanes) is 5. The van der Waals surface area contributed by atoms with Crippen molar-refractivity contribution >= 4 is 21.8 Å². The number of hydrogen-bond acceptors (Lipinski definition) is 4. The first kappa shape index (κ1) is 19.1. The number of nitrogens with two attached hydrogens (primary N) is 1. The minimum Gasteiger partial charge on any atom is -0.480 e. The summed E-state index contributed by atoms with van der Waals surface area (Å²) in [5, 5.41) is 14.1. The lowest BCUT2D eigenvalue weighted by molar-refractivity contribution is -0.144. The second-order valence-electron chi connectivity index (χ2n) is 4.97. The molecule has 0 rings (SSSR count). The summed E-state index contributed by atoms with van der Waals surface area (Å²) in [4.78, 5) is 23.3. The lowest BCUT2D eigenvalue weighted by Crippen LogP contribution is -2.55. The SMILES string of the molecule is CCCCCCCCC(=O)C(CC)(C(=O)O)S(N)(=O)=O. The molecule has 6 nitrogen and oxygen atoms in total. The number of primary sulfonamides is 1. The van der Waals surface area contributed by atoms with E-state index in [2.05, 4.69) is 6.92 Å². The van der Waals surface area contributed by atoms with Crippen molar-refractivity contribution in [1.82, 2.24) is 0 Å². The summed E-state index contributed by atoms with van der Waals surface area (Å²) >= 11 is 0. The van der Waals surface area contributed by atoms with E-state index in [1.807, 2.05) is 0 Å². The van der Waals surface area contributed by atoms with Crippen LogP contribution >= 0.6 is 0 Å². The van der Waals surface area contributed by atoms with E-state index in [0.717, 1.165) is 32.1 Å². The topological polar surface area (TPSA) is 115 Å². The van der Waals surface area contributed by atoms with E-state index in [9.17, 15) is 18.0 Å². The molecule has 0 radical (unpaired) electrons. The van der Waals surface area contributed by atoms with Crippen LogP contribution in [0, 0.1) is 0 Å². The minimum atomic E-state index is -4.48. The van der Waals surface area contributed by atoms with Gasteiger partial charge in [0.25, 0.3) is 0 Å². The molecule has 0 fully saturated rings. The summed E-state index contributed by atoms with van der Waals surface area (Å²) in [6.07, 6.45) is 5.13. The third-order valence-corrected chi connectivity index (χ3v) is 5.20. The molecular formula is C13H25NO5S. The van der Waals surface area contributed by atoms with Gasteiger partial charge in [-0.25, -0.2) is 18.4 Å². The zero-order valence-corrected chi connectivity index (χ0v) is 13.0. The second-order valence-corrected chi connectivity index (χ2v) is 6.76. The van der Waals surface area contributed by atoms with E-state index in [1.54, 1.807) is 0 Å². The smallest absolute Gasteiger partial charge is 0.334 e. The summed E-state index contributed by atoms with van der Waals surface area (Å²) in [7, 11) is -4.48. The molecule has 7 heteroatoms. The highest BCUT2D eigenvalue weighted by Crippen LogP contribution is 2.24. The molecule has 0 bridgehead atoms. The summed E-state index contributed by atoms with van der Waals surface area (Å²) in [5.41, 5.74) is 0. The molecule has 0 aromatic rings. The molecule has 0 saturated heterocycles. The Balaban J connectivity index is 4.65. The highest BCUT2D eigenvalue weighted by Gasteiger charge is 2.53. The molecule has 118 valence electrons. The Morgan fingerprint density at radius 3 is 1.95 bits per heavy atom. The van der Waals surface area contributed by atoms with Crippen LogP contribution in [0.2, 0.25) is 0 Å². The number of carbonyl (C=O) groups excluding carboxylic acids is 1. The highest BCUT2D eigenvalue weighted by molar-refractivity contribution is 7.92. The molecule has 0 aromatic heterocycles. The number of carboxylic acid groups (broad SMARTS) is 1. The zero-order chi connectivity index (χ0) is 15.8. The van der Waals surface area contributed by atoms with Crippen molar-refractivity contribution in [2.24, 2.45) is 5.14 Å². The van der Waals surface area contributed by atoms with Gasteiger partial charge in [-0.2, -0.15) is 0 Å². The van der Waals surface area contributed by atoms with Gasteiger partial charge in [-0.05, 0) is 12.8 Å². The van der Waals surface area contributed by atoms with Crippen molar-refractivity contribution in [2.75, 3.05) is 0 Å². The van der Waals surface area contributed by atoms with E-state index >= 15 is 0 Å². The normalized spacial score (nSPS) is 14.8. The molecule has 0 aliphatic heterocycles. The summed E-state index contributed by atoms with van der Waals surface area (Å²) < 4.78 is 20.5. The third-order valence-electron chi connectivity index (χ3n) is 3.54. The Labute approximate surface area is 120 Å². The first-order chi connectivity index (χ1) is 9.24. The zero-order valence-electron chi connectivity index (χ0n) is 12.2. The molecule has 0 heterocycles. The van der Waals surface area contributed by atoms with E-state index in [1.165, 1.54) is 6.92 Å². The fourth-order valence-electron chi connectivity index (χ4n) is 2.22.